The number of hydrogen-bond acceptors (Lipinski definition) is 6. The molecule has 0 radical (unpaired) electrons. The first-order valence-electron chi connectivity index (χ1n) is 12.1. The Hall–Kier alpha value is -2.87. The molecule has 34 heavy (non-hydrogen) atoms. The normalized spacial score (nSPS) is 13.8. The number of aromatic nitrogens is 4. The molecular formula is C26H34N6OS. The van der Waals surface area contributed by atoms with Crippen LogP contribution in [0.4, 0.5) is 5.82 Å². The molecule has 3 heterocycles. The lowest BCUT2D eigenvalue weighted by molar-refractivity contribution is -0.121. The number of piperidine rings is 1. The molecule has 7 nitrogen and oxygen atoms in total. The third kappa shape index (κ3) is 5.97. The molecule has 0 aliphatic carbocycles. The highest BCUT2D eigenvalue weighted by atomic mass is 32.2. The van der Waals surface area contributed by atoms with E-state index in [-0.39, 0.29) is 5.91 Å². The van der Waals surface area contributed by atoms with Crippen LogP contribution in [0.5, 0.6) is 0 Å². The predicted octanol–water partition coefficient (Wildman–Crippen LogP) is 4.28. The summed E-state index contributed by atoms with van der Waals surface area (Å²) in [6, 6.07) is 10.5. The number of nitrogens with one attached hydrogen (secondary N) is 1. The van der Waals surface area contributed by atoms with Gasteiger partial charge in [-0.05, 0) is 75.5 Å². The minimum atomic E-state index is 0.0710. The molecule has 1 aromatic carbocycles. The van der Waals surface area contributed by atoms with Crippen LogP contribution in [0.25, 0.3) is 5.82 Å². The number of hydrogen-bond donors (Lipinski definition) is 1. The van der Waals surface area contributed by atoms with Crippen molar-refractivity contribution in [1.82, 2.24) is 25.1 Å². The van der Waals surface area contributed by atoms with Crippen LogP contribution in [0.2, 0.25) is 0 Å². The quantitative estimate of drug-likeness (QED) is 0.463. The number of carbonyl (C=O) groups excluding carboxylic acids is 1. The molecule has 1 saturated heterocycles. The first kappa shape index (κ1) is 24.3. The third-order valence-electron chi connectivity index (χ3n) is 6.47. The van der Waals surface area contributed by atoms with Gasteiger partial charge in [-0.3, -0.25) is 4.79 Å². The minimum absolute atomic E-state index is 0.0710. The Balaban J connectivity index is 1.33. The number of carbonyl (C=O) groups is 1. The van der Waals surface area contributed by atoms with E-state index in [2.05, 4.69) is 50.7 Å². The molecule has 1 aliphatic rings. The molecule has 3 aromatic rings. The average molecular weight is 479 g/mol. The van der Waals surface area contributed by atoms with Crippen molar-refractivity contribution in [2.24, 2.45) is 0 Å². The van der Waals surface area contributed by atoms with E-state index in [0.29, 0.717) is 19.4 Å². The molecule has 4 rings (SSSR count). The van der Waals surface area contributed by atoms with Crippen molar-refractivity contribution in [3.63, 3.8) is 0 Å². The second kappa shape index (κ2) is 11.5. The SMILES string of the molecule is CSc1ccc(CCNC(=O)CCc2c(C)nn(-c3cc(N4CCCCC4)ncn3)c2C)cc1. The second-order valence-corrected chi connectivity index (χ2v) is 9.67. The summed E-state index contributed by atoms with van der Waals surface area (Å²) in [5.74, 6) is 1.81. The van der Waals surface area contributed by atoms with E-state index in [4.69, 9.17) is 5.10 Å². The summed E-state index contributed by atoms with van der Waals surface area (Å²) < 4.78 is 1.88. The molecule has 2 aromatic heterocycles. The molecule has 0 spiro atoms. The number of nitrogens with zero attached hydrogens (tertiary/aromatic N) is 5. The number of anilines is 1. The van der Waals surface area contributed by atoms with Crippen molar-refractivity contribution < 1.29 is 4.79 Å². The maximum atomic E-state index is 12.5. The Kier molecular flexibility index (Phi) is 8.21. The molecule has 0 bridgehead atoms. The maximum absolute atomic E-state index is 12.5. The lowest BCUT2D eigenvalue weighted by Gasteiger charge is -2.27. The minimum Gasteiger partial charge on any atom is -0.356 e. The van der Waals surface area contributed by atoms with Gasteiger partial charge in [-0.1, -0.05) is 12.1 Å². The van der Waals surface area contributed by atoms with Crippen LogP contribution in [0.1, 0.15) is 48.2 Å². The Morgan fingerprint density at radius 2 is 1.76 bits per heavy atom. The Morgan fingerprint density at radius 3 is 2.50 bits per heavy atom. The first-order valence-corrected chi connectivity index (χ1v) is 13.3. The highest BCUT2D eigenvalue weighted by molar-refractivity contribution is 7.98. The van der Waals surface area contributed by atoms with E-state index in [1.165, 1.54) is 29.7 Å². The smallest absolute Gasteiger partial charge is 0.220 e. The number of rotatable bonds is 9. The lowest BCUT2D eigenvalue weighted by atomic mass is 10.1. The summed E-state index contributed by atoms with van der Waals surface area (Å²) in [5.41, 5.74) is 4.32. The van der Waals surface area contributed by atoms with Crippen LogP contribution in [0.3, 0.4) is 0 Å². The highest BCUT2D eigenvalue weighted by Gasteiger charge is 2.17. The fraction of sp³-hybridized carbons (Fsp3) is 0.462. The van der Waals surface area contributed by atoms with Crippen LogP contribution in [0.15, 0.2) is 41.6 Å². The first-order chi connectivity index (χ1) is 16.5. The highest BCUT2D eigenvalue weighted by Crippen LogP contribution is 2.22. The zero-order valence-corrected chi connectivity index (χ0v) is 21.2. The molecular weight excluding hydrogens is 444 g/mol. The fourth-order valence-electron chi connectivity index (χ4n) is 4.47. The van der Waals surface area contributed by atoms with Gasteiger partial charge in [-0.15, -0.1) is 11.8 Å². The van der Waals surface area contributed by atoms with Crippen LogP contribution in [0, 0.1) is 13.8 Å². The standard InChI is InChI=1S/C26H34N6OS/c1-19-23(11-12-26(33)27-14-13-21-7-9-22(34-3)10-8-21)20(2)32(30-19)25-17-24(28-18-29-25)31-15-5-4-6-16-31/h7-10,17-18H,4-6,11-16H2,1-3H3,(H,27,33). The largest absolute Gasteiger partial charge is 0.356 e. The summed E-state index contributed by atoms with van der Waals surface area (Å²) in [4.78, 5) is 25.0. The van der Waals surface area contributed by atoms with Crippen LogP contribution in [-0.4, -0.2) is 51.5 Å². The van der Waals surface area contributed by atoms with Gasteiger partial charge in [0.15, 0.2) is 5.82 Å². The second-order valence-electron chi connectivity index (χ2n) is 8.79. The molecule has 1 aliphatic heterocycles. The van der Waals surface area contributed by atoms with E-state index in [1.54, 1.807) is 18.1 Å². The van der Waals surface area contributed by atoms with Crippen LogP contribution in [-0.2, 0) is 17.6 Å². The van der Waals surface area contributed by atoms with Gasteiger partial charge in [0.1, 0.15) is 12.1 Å². The maximum Gasteiger partial charge on any atom is 0.220 e. The summed E-state index contributed by atoms with van der Waals surface area (Å²) in [6.45, 7) is 6.78. The van der Waals surface area contributed by atoms with Crippen molar-refractivity contribution in [1.29, 1.82) is 0 Å². The van der Waals surface area contributed by atoms with Gasteiger partial charge in [0, 0.05) is 42.7 Å². The van der Waals surface area contributed by atoms with Crippen molar-refractivity contribution in [3.05, 3.63) is 59.2 Å². The number of benzene rings is 1. The van der Waals surface area contributed by atoms with Crippen molar-refractivity contribution in [3.8, 4) is 5.82 Å². The molecule has 1 amide bonds. The fourth-order valence-corrected chi connectivity index (χ4v) is 4.88. The summed E-state index contributed by atoms with van der Waals surface area (Å²) in [6.07, 6.45) is 9.33. The van der Waals surface area contributed by atoms with Crippen LogP contribution < -0.4 is 10.2 Å². The van der Waals surface area contributed by atoms with Crippen LogP contribution >= 0.6 is 11.8 Å². The molecule has 180 valence electrons. The summed E-state index contributed by atoms with van der Waals surface area (Å²) in [7, 11) is 0. The zero-order valence-electron chi connectivity index (χ0n) is 20.4. The molecule has 1 fully saturated rings. The topological polar surface area (TPSA) is 75.9 Å². The van der Waals surface area contributed by atoms with E-state index in [9.17, 15) is 4.79 Å². The van der Waals surface area contributed by atoms with Gasteiger partial charge < -0.3 is 10.2 Å². The van der Waals surface area contributed by atoms with Gasteiger partial charge in [0.25, 0.3) is 0 Å². The third-order valence-corrected chi connectivity index (χ3v) is 7.22. The zero-order chi connectivity index (χ0) is 23.9. The van der Waals surface area contributed by atoms with E-state index < -0.39 is 0 Å². The van der Waals surface area contributed by atoms with Gasteiger partial charge >= 0.3 is 0 Å². The van der Waals surface area contributed by atoms with Crippen molar-refractivity contribution >= 4 is 23.5 Å². The van der Waals surface area contributed by atoms with Crippen molar-refractivity contribution in [2.75, 3.05) is 30.8 Å². The van der Waals surface area contributed by atoms with E-state index in [1.807, 2.05) is 24.6 Å². The molecule has 8 heteroatoms. The Morgan fingerprint density at radius 1 is 1.03 bits per heavy atom. The molecule has 0 unspecified atom stereocenters. The summed E-state index contributed by atoms with van der Waals surface area (Å²) >= 11 is 1.73. The molecule has 1 N–H and O–H groups in total. The number of aryl methyl sites for hydroxylation is 1. The predicted molar refractivity (Wildman–Crippen MR) is 138 cm³/mol. The Bertz CT molecular complexity index is 1100. The number of thioether (sulfide) groups is 1. The Labute approximate surface area is 206 Å². The van der Waals surface area contributed by atoms with Gasteiger partial charge in [-0.25, -0.2) is 14.6 Å². The monoisotopic (exact) mass is 478 g/mol. The van der Waals surface area contributed by atoms with Gasteiger partial charge in [-0.2, -0.15) is 5.10 Å². The number of amides is 1. The van der Waals surface area contributed by atoms with Gasteiger partial charge in [0.2, 0.25) is 5.91 Å². The molecule has 0 saturated carbocycles. The lowest BCUT2D eigenvalue weighted by Crippen LogP contribution is -2.30. The summed E-state index contributed by atoms with van der Waals surface area (Å²) in [5, 5.41) is 7.79. The van der Waals surface area contributed by atoms with Gasteiger partial charge in [0.05, 0.1) is 5.69 Å². The van der Waals surface area contributed by atoms with E-state index in [0.717, 1.165) is 48.1 Å². The average Bonchev–Trinajstić information content (AvgIpc) is 3.16. The van der Waals surface area contributed by atoms with Crippen molar-refractivity contribution in [2.45, 2.75) is 57.3 Å². The van der Waals surface area contributed by atoms with E-state index >= 15 is 0 Å². The molecule has 0 atom stereocenters.